The van der Waals surface area contributed by atoms with E-state index in [2.05, 4.69) is 25.5 Å². The summed E-state index contributed by atoms with van der Waals surface area (Å²) in [5.41, 5.74) is 4.72. The maximum atomic E-state index is 13.3. The summed E-state index contributed by atoms with van der Waals surface area (Å²) < 4.78 is 26.0. The highest BCUT2D eigenvalue weighted by atomic mass is 19.1. The molecule has 3 heterocycles. The molecule has 0 aliphatic rings. The van der Waals surface area contributed by atoms with Crippen molar-refractivity contribution in [3.05, 3.63) is 77.6 Å². The fourth-order valence-corrected chi connectivity index (χ4v) is 3.48. The lowest BCUT2D eigenvalue weighted by Crippen LogP contribution is -2.18. The number of aromatic nitrogens is 5. The van der Waals surface area contributed by atoms with Crippen molar-refractivity contribution >= 4 is 5.82 Å². The third-order valence-corrected chi connectivity index (χ3v) is 5.19. The molecular formula is C24H25FN6O2. The molecular weight excluding hydrogens is 423 g/mol. The number of hydrogen-bond donors (Lipinski definition) is 1. The van der Waals surface area contributed by atoms with E-state index in [9.17, 15) is 4.39 Å². The van der Waals surface area contributed by atoms with Crippen LogP contribution in [-0.4, -0.2) is 45.6 Å². The maximum Gasteiger partial charge on any atom is 0.238 e. The minimum absolute atomic E-state index is 0.203. The molecule has 1 N–H and O–H groups in total. The van der Waals surface area contributed by atoms with Gasteiger partial charge in [-0.1, -0.05) is 12.1 Å². The van der Waals surface area contributed by atoms with E-state index in [1.165, 1.54) is 12.1 Å². The van der Waals surface area contributed by atoms with Crippen LogP contribution in [0.4, 0.5) is 10.2 Å². The number of hydrogen-bond acceptors (Lipinski definition) is 7. The van der Waals surface area contributed by atoms with E-state index >= 15 is 0 Å². The predicted octanol–water partition coefficient (Wildman–Crippen LogP) is 4.29. The van der Waals surface area contributed by atoms with Crippen LogP contribution in [0.3, 0.4) is 0 Å². The van der Waals surface area contributed by atoms with E-state index < -0.39 is 0 Å². The van der Waals surface area contributed by atoms with Gasteiger partial charge in [-0.05, 0) is 55.3 Å². The van der Waals surface area contributed by atoms with Gasteiger partial charge in [-0.3, -0.25) is 0 Å². The number of benzene rings is 1. The van der Waals surface area contributed by atoms with Crippen LogP contribution in [-0.2, 0) is 4.74 Å². The molecule has 1 aromatic carbocycles. The molecule has 0 bridgehead atoms. The zero-order valence-corrected chi connectivity index (χ0v) is 18.9. The molecule has 0 radical (unpaired) electrons. The molecule has 0 spiro atoms. The number of halogens is 1. The Morgan fingerprint density at radius 3 is 2.45 bits per heavy atom. The minimum atomic E-state index is -0.285. The number of ether oxygens (including phenoxy) is 2. The van der Waals surface area contributed by atoms with Gasteiger partial charge in [-0.25, -0.2) is 14.4 Å². The smallest absolute Gasteiger partial charge is 0.238 e. The normalized spacial score (nSPS) is 11.9. The first-order valence-corrected chi connectivity index (χ1v) is 10.4. The van der Waals surface area contributed by atoms with E-state index in [0.717, 1.165) is 22.5 Å². The molecule has 1 unspecified atom stereocenters. The number of nitrogens with zero attached hydrogens (tertiary/aromatic N) is 5. The fourth-order valence-electron chi connectivity index (χ4n) is 3.48. The molecule has 1 atom stereocenters. The molecule has 0 saturated carbocycles. The first kappa shape index (κ1) is 22.3. The van der Waals surface area contributed by atoms with Crippen molar-refractivity contribution in [2.75, 3.05) is 26.1 Å². The topological polar surface area (TPSA) is 87.0 Å². The average molecular weight is 449 g/mol. The summed E-state index contributed by atoms with van der Waals surface area (Å²) in [6.07, 6.45) is 3.62. The van der Waals surface area contributed by atoms with Crippen LogP contribution in [0.2, 0.25) is 0 Å². The SMILES string of the molecule is COCC(Nc1nnc(-c2ccc(-n3cnc(C)c3)c(OC)n2)cc1C)c1ccc(F)cc1. The Bertz CT molecular complexity index is 1240. The number of aryl methyl sites for hydroxylation is 2. The maximum absolute atomic E-state index is 13.3. The van der Waals surface area contributed by atoms with E-state index in [4.69, 9.17) is 9.47 Å². The van der Waals surface area contributed by atoms with Gasteiger partial charge < -0.3 is 19.4 Å². The largest absolute Gasteiger partial charge is 0.479 e. The zero-order valence-electron chi connectivity index (χ0n) is 18.9. The van der Waals surface area contributed by atoms with Gasteiger partial charge in [0, 0.05) is 13.3 Å². The van der Waals surface area contributed by atoms with E-state index in [-0.39, 0.29) is 11.9 Å². The van der Waals surface area contributed by atoms with Crippen molar-refractivity contribution in [3.63, 3.8) is 0 Å². The summed E-state index contributed by atoms with van der Waals surface area (Å²) in [7, 11) is 3.20. The van der Waals surface area contributed by atoms with Crippen molar-refractivity contribution in [3.8, 4) is 23.0 Å². The highest BCUT2D eigenvalue weighted by molar-refractivity contribution is 5.61. The molecule has 9 heteroatoms. The number of pyridine rings is 1. The Kier molecular flexibility index (Phi) is 6.60. The lowest BCUT2D eigenvalue weighted by Gasteiger charge is -2.20. The number of nitrogens with one attached hydrogen (secondary N) is 1. The Morgan fingerprint density at radius 1 is 1.03 bits per heavy atom. The van der Waals surface area contributed by atoms with Gasteiger partial charge in [0.05, 0.1) is 37.5 Å². The van der Waals surface area contributed by atoms with Gasteiger partial charge >= 0.3 is 0 Å². The zero-order chi connectivity index (χ0) is 23.4. The molecule has 0 saturated heterocycles. The molecule has 170 valence electrons. The molecule has 8 nitrogen and oxygen atoms in total. The molecule has 0 amide bonds. The molecule has 0 aliphatic carbocycles. The quantitative estimate of drug-likeness (QED) is 0.430. The highest BCUT2D eigenvalue weighted by Crippen LogP contribution is 2.27. The summed E-state index contributed by atoms with van der Waals surface area (Å²) >= 11 is 0. The van der Waals surface area contributed by atoms with Gasteiger partial charge in [0.2, 0.25) is 5.88 Å². The standard InChI is InChI=1S/C24H25FN6O2/c1-15-11-20(19-9-10-22(24(28-19)33-4)31-12-16(2)26-14-31)29-30-23(15)27-21(13-32-3)17-5-7-18(25)8-6-17/h5-12,14,21H,13H2,1-4H3,(H,27,30). The minimum Gasteiger partial charge on any atom is -0.479 e. The van der Waals surface area contributed by atoms with Gasteiger partial charge in [0.15, 0.2) is 5.82 Å². The number of rotatable bonds is 8. The van der Waals surface area contributed by atoms with Crippen LogP contribution in [0, 0.1) is 19.7 Å². The summed E-state index contributed by atoms with van der Waals surface area (Å²) in [6, 6.07) is 11.8. The van der Waals surface area contributed by atoms with Crippen LogP contribution in [0.1, 0.15) is 22.9 Å². The van der Waals surface area contributed by atoms with Crippen molar-refractivity contribution < 1.29 is 13.9 Å². The second kappa shape index (κ2) is 9.74. The van der Waals surface area contributed by atoms with E-state index in [1.807, 2.05) is 42.8 Å². The van der Waals surface area contributed by atoms with Crippen LogP contribution >= 0.6 is 0 Å². The summed E-state index contributed by atoms with van der Waals surface area (Å²) in [5, 5.41) is 12.1. The Labute approximate surface area is 191 Å². The third kappa shape index (κ3) is 4.98. The van der Waals surface area contributed by atoms with Crippen LogP contribution in [0.25, 0.3) is 17.1 Å². The van der Waals surface area contributed by atoms with Crippen molar-refractivity contribution in [1.29, 1.82) is 0 Å². The van der Waals surface area contributed by atoms with Gasteiger partial charge in [0.1, 0.15) is 17.2 Å². The lowest BCUT2D eigenvalue weighted by atomic mass is 10.1. The Morgan fingerprint density at radius 2 is 1.82 bits per heavy atom. The first-order chi connectivity index (χ1) is 16.0. The van der Waals surface area contributed by atoms with Gasteiger partial charge in [0.25, 0.3) is 0 Å². The van der Waals surface area contributed by atoms with Gasteiger partial charge in [-0.15, -0.1) is 10.2 Å². The molecule has 0 fully saturated rings. The molecule has 33 heavy (non-hydrogen) atoms. The molecule has 0 aliphatic heterocycles. The van der Waals surface area contributed by atoms with Gasteiger partial charge in [-0.2, -0.15) is 0 Å². The van der Waals surface area contributed by atoms with Crippen LogP contribution < -0.4 is 10.1 Å². The summed E-state index contributed by atoms with van der Waals surface area (Å²) in [6.45, 7) is 4.25. The lowest BCUT2D eigenvalue weighted by molar-refractivity contribution is 0.186. The number of methoxy groups -OCH3 is 2. The number of imidazole rings is 1. The van der Waals surface area contributed by atoms with E-state index in [0.29, 0.717) is 29.7 Å². The Balaban J connectivity index is 1.59. The monoisotopic (exact) mass is 448 g/mol. The highest BCUT2D eigenvalue weighted by Gasteiger charge is 2.16. The van der Waals surface area contributed by atoms with Crippen molar-refractivity contribution in [2.45, 2.75) is 19.9 Å². The predicted molar refractivity (Wildman–Crippen MR) is 123 cm³/mol. The Hall–Kier alpha value is -3.85. The van der Waals surface area contributed by atoms with Crippen LogP contribution in [0.5, 0.6) is 5.88 Å². The summed E-state index contributed by atoms with van der Waals surface area (Å²) in [4.78, 5) is 8.87. The second-order valence-electron chi connectivity index (χ2n) is 7.61. The van der Waals surface area contributed by atoms with Crippen molar-refractivity contribution in [1.82, 2.24) is 24.7 Å². The summed E-state index contributed by atoms with van der Waals surface area (Å²) in [5.74, 6) is 0.790. The molecule has 4 rings (SSSR count). The average Bonchev–Trinajstić information content (AvgIpc) is 3.26. The number of anilines is 1. The molecule has 3 aromatic heterocycles. The first-order valence-electron chi connectivity index (χ1n) is 10.4. The third-order valence-electron chi connectivity index (χ3n) is 5.19. The van der Waals surface area contributed by atoms with E-state index in [1.54, 1.807) is 32.7 Å². The van der Waals surface area contributed by atoms with Crippen LogP contribution in [0.15, 0.2) is 55.0 Å². The fraction of sp³-hybridized carbons (Fsp3) is 0.250. The van der Waals surface area contributed by atoms with Crippen molar-refractivity contribution in [2.24, 2.45) is 0 Å². The molecule has 4 aromatic rings. The second-order valence-corrected chi connectivity index (χ2v) is 7.61.